The van der Waals surface area contributed by atoms with Gasteiger partial charge in [-0.2, -0.15) is 0 Å². The van der Waals surface area contributed by atoms with Crippen LogP contribution in [0, 0.1) is 0 Å². The Morgan fingerprint density at radius 1 is 1.40 bits per heavy atom. The van der Waals surface area contributed by atoms with Gasteiger partial charge in [0.15, 0.2) is 0 Å². The third-order valence-electron chi connectivity index (χ3n) is 0. The van der Waals surface area contributed by atoms with Crippen LogP contribution in [0.2, 0.25) is 0 Å². The molecule has 5 heteroatoms. The van der Waals surface area contributed by atoms with Crippen LogP contribution in [0.3, 0.4) is 0 Å². The monoisotopic (exact) mass is 261 g/mol. The van der Waals surface area contributed by atoms with E-state index in [1.165, 1.54) is 0 Å². The summed E-state index contributed by atoms with van der Waals surface area (Å²) in [7, 11) is 0. The Balaban J connectivity index is -0.000000000833. The number of hydrogen-bond donors (Lipinski definition) is 0. The Morgan fingerprint density at radius 2 is 1.40 bits per heavy atom. The summed E-state index contributed by atoms with van der Waals surface area (Å²) in [4.78, 5) is 0. The maximum absolute atomic E-state index is 8.34. The zero-order valence-corrected chi connectivity index (χ0v) is 7.44. The summed E-state index contributed by atoms with van der Waals surface area (Å²) in [6.45, 7) is 0. The molecule has 0 aromatic carbocycles. The second-order valence-electron chi connectivity index (χ2n) is 0. The molecule has 31 valence electrons. The molecule has 0 amide bonds. The molecule has 0 unspecified atom stereocenters. The van der Waals surface area contributed by atoms with Crippen molar-refractivity contribution < 1.29 is 56.6 Å². The molecule has 0 atom stereocenters. The van der Waals surface area contributed by atoms with Crippen LogP contribution in [-0.2, 0) is 36.3 Å². The van der Waals surface area contributed by atoms with Crippen LogP contribution >= 0.6 is 0 Å². The topological polar surface area (TPSA) is 17.1 Å². The van der Waals surface area contributed by atoms with Crippen molar-refractivity contribution in [1.29, 1.82) is 0 Å². The van der Waals surface area contributed by atoms with E-state index in [0.29, 0.717) is 22.5 Å². The quantitative estimate of drug-likeness (QED) is 0.415. The summed E-state index contributed by atoms with van der Waals surface area (Å²) >= 11 is 0.300. The summed E-state index contributed by atoms with van der Waals surface area (Å²) < 4.78 is 8.34. The van der Waals surface area contributed by atoms with Crippen molar-refractivity contribution >= 4 is 22.5 Å². The Morgan fingerprint density at radius 3 is 1.40 bits per heavy atom. The molecule has 0 heterocycles. The Bertz CT molecular complexity index is 15.5. The molecular formula is HCoLiNiOSn. The van der Waals surface area contributed by atoms with Gasteiger partial charge in [-0.1, -0.05) is 0 Å². The fraction of sp³-hybridized carbons (Fsp3) is 0. The molecule has 0 aromatic heterocycles. The van der Waals surface area contributed by atoms with Gasteiger partial charge in [0.25, 0.3) is 0 Å². The van der Waals surface area contributed by atoms with Crippen LogP contribution in [0.5, 0.6) is 0 Å². The fourth-order valence-electron chi connectivity index (χ4n) is 0. The van der Waals surface area contributed by atoms with Gasteiger partial charge < -0.3 is 1.43 Å². The zero-order valence-electron chi connectivity index (χ0n) is 3.56. The summed E-state index contributed by atoms with van der Waals surface area (Å²) in [5, 5.41) is 0. The van der Waals surface area contributed by atoms with Crippen molar-refractivity contribution in [3.8, 4) is 0 Å². The van der Waals surface area contributed by atoms with Gasteiger partial charge in [0.05, 0.1) is 0 Å². The molecule has 1 nitrogen and oxygen atoms in total. The van der Waals surface area contributed by atoms with E-state index < -0.39 is 0 Å². The van der Waals surface area contributed by atoms with Crippen molar-refractivity contribution in [3.63, 3.8) is 0 Å². The number of rotatable bonds is 0. The minimum atomic E-state index is 0. The summed E-state index contributed by atoms with van der Waals surface area (Å²) in [6, 6.07) is 0. The van der Waals surface area contributed by atoms with Crippen LogP contribution in [0.15, 0.2) is 0 Å². The molecular weight excluding hydrogens is 259 g/mol. The minimum absolute atomic E-state index is 0. The first-order valence-corrected chi connectivity index (χ1v) is 1.37. The summed E-state index contributed by atoms with van der Waals surface area (Å²) in [5.74, 6) is 0. The Kier molecular flexibility index (Phi) is 188. The average molecular weight is 260 g/mol. The van der Waals surface area contributed by atoms with E-state index in [1.54, 1.807) is 0 Å². The normalized spacial score (nSPS) is 0.800. The molecule has 0 aliphatic carbocycles. The van der Waals surface area contributed by atoms with E-state index in [2.05, 4.69) is 0 Å². The molecule has 0 rings (SSSR count). The molecule has 0 aliphatic rings. The average Bonchev–Trinajstić information content (AvgIpc) is 1.00. The first kappa shape index (κ1) is 27.0. The molecule has 0 fully saturated rings. The SMILES string of the molecule is [Co].[H-].[Li+].[Ni].[O]=[Sn]. The first-order valence-electron chi connectivity index (χ1n) is 0.204. The zero-order chi connectivity index (χ0) is 2.00. The van der Waals surface area contributed by atoms with E-state index in [9.17, 15) is 0 Å². The number of hydrogen-bond acceptors (Lipinski definition) is 1. The third kappa shape index (κ3) is 22.6. The second kappa shape index (κ2) is 34.7. The molecule has 0 spiro atoms. The second-order valence-corrected chi connectivity index (χ2v) is 0. The van der Waals surface area contributed by atoms with Crippen molar-refractivity contribution in [2.75, 3.05) is 0 Å². The van der Waals surface area contributed by atoms with Gasteiger partial charge >= 0.3 is 44.4 Å². The predicted molar refractivity (Wildman–Crippen MR) is 7.55 cm³/mol. The van der Waals surface area contributed by atoms with Gasteiger partial charge in [0, 0.05) is 33.3 Å². The van der Waals surface area contributed by atoms with E-state index >= 15 is 0 Å². The van der Waals surface area contributed by atoms with Crippen LogP contribution in [0.1, 0.15) is 1.43 Å². The van der Waals surface area contributed by atoms with E-state index in [0.717, 1.165) is 0 Å². The molecule has 0 aromatic rings. The summed E-state index contributed by atoms with van der Waals surface area (Å²) in [6.07, 6.45) is 0. The van der Waals surface area contributed by atoms with Crippen molar-refractivity contribution in [3.05, 3.63) is 0 Å². The molecule has 3 radical (unpaired) electrons. The van der Waals surface area contributed by atoms with Gasteiger partial charge in [-0.15, -0.1) is 0 Å². The van der Waals surface area contributed by atoms with Gasteiger partial charge in [0.2, 0.25) is 0 Å². The Labute approximate surface area is 78.3 Å². The maximum atomic E-state index is 8.34. The third-order valence-corrected chi connectivity index (χ3v) is 0. The molecule has 5 heavy (non-hydrogen) atoms. The fourth-order valence-corrected chi connectivity index (χ4v) is 0. The van der Waals surface area contributed by atoms with E-state index in [1.807, 2.05) is 0 Å². The van der Waals surface area contributed by atoms with Crippen molar-refractivity contribution in [1.82, 2.24) is 0 Å². The molecule has 0 N–H and O–H groups in total. The van der Waals surface area contributed by atoms with Gasteiger partial charge in [-0.05, 0) is 0 Å². The van der Waals surface area contributed by atoms with Crippen LogP contribution in [0.4, 0.5) is 0 Å². The van der Waals surface area contributed by atoms with Gasteiger partial charge in [-0.3, -0.25) is 0 Å². The van der Waals surface area contributed by atoms with Crippen LogP contribution < -0.4 is 18.9 Å². The van der Waals surface area contributed by atoms with Crippen molar-refractivity contribution in [2.45, 2.75) is 0 Å². The molecule has 0 saturated carbocycles. The first-order chi connectivity index (χ1) is 1.00. The van der Waals surface area contributed by atoms with E-state index in [4.69, 9.17) is 3.08 Å². The van der Waals surface area contributed by atoms with Crippen molar-refractivity contribution in [2.24, 2.45) is 0 Å². The standard InChI is InChI=1S/Co.Li.Ni.O.Sn.H/q;+1;;;;-1. The Hall–Kier alpha value is 2.20. The molecule has 0 bridgehead atoms. The van der Waals surface area contributed by atoms with Gasteiger partial charge in [0.1, 0.15) is 0 Å². The molecule has 0 saturated heterocycles. The summed E-state index contributed by atoms with van der Waals surface area (Å²) in [5.41, 5.74) is 0. The predicted octanol–water partition coefficient (Wildman–Crippen LogP) is -3.39. The van der Waals surface area contributed by atoms with Crippen LogP contribution in [-0.4, -0.2) is 22.5 Å². The van der Waals surface area contributed by atoms with Gasteiger partial charge in [-0.25, -0.2) is 0 Å². The van der Waals surface area contributed by atoms with Crippen LogP contribution in [0.25, 0.3) is 0 Å². The molecule has 0 aliphatic heterocycles. The van der Waals surface area contributed by atoms with E-state index in [-0.39, 0.29) is 53.6 Å².